The van der Waals surface area contributed by atoms with Gasteiger partial charge in [-0.25, -0.2) is 0 Å². The fourth-order valence-corrected chi connectivity index (χ4v) is 4.25. The van der Waals surface area contributed by atoms with Crippen molar-refractivity contribution in [3.8, 4) is 0 Å². The zero-order chi connectivity index (χ0) is 19.2. The maximum Gasteiger partial charge on any atom is 0.226 e. The Hall–Kier alpha value is -1.99. The SMILES string of the molecule is Cc1ccc(Cl)cc1NC(=O)CCC(=O)Nc1nnc(C2CCCCC2)s1. The molecule has 2 N–H and O–H groups in total. The summed E-state index contributed by atoms with van der Waals surface area (Å²) < 4.78 is 0. The van der Waals surface area contributed by atoms with Gasteiger partial charge in [0.25, 0.3) is 0 Å². The molecular formula is C19H23ClN4O2S. The van der Waals surface area contributed by atoms with Crippen molar-refractivity contribution in [3.05, 3.63) is 33.8 Å². The van der Waals surface area contributed by atoms with Gasteiger partial charge in [-0.1, -0.05) is 48.3 Å². The van der Waals surface area contributed by atoms with Gasteiger partial charge in [-0.05, 0) is 37.5 Å². The highest BCUT2D eigenvalue weighted by Crippen LogP contribution is 2.35. The number of hydrogen-bond acceptors (Lipinski definition) is 5. The molecule has 0 bridgehead atoms. The van der Waals surface area contributed by atoms with Crippen LogP contribution in [0.1, 0.15) is 61.4 Å². The van der Waals surface area contributed by atoms with Crippen LogP contribution in [0.5, 0.6) is 0 Å². The average Bonchev–Trinajstić information content (AvgIpc) is 3.12. The van der Waals surface area contributed by atoms with Crippen molar-refractivity contribution < 1.29 is 9.59 Å². The maximum absolute atomic E-state index is 12.1. The number of carbonyl (C=O) groups is 2. The van der Waals surface area contributed by atoms with Gasteiger partial charge >= 0.3 is 0 Å². The third-order valence-electron chi connectivity index (χ3n) is 4.69. The first kappa shape index (κ1) is 19.8. The quantitative estimate of drug-likeness (QED) is 0.714. The molecule has 2 amide bonds. The molecule has 6 nitrogen and oxygen atoms in total. The summed E-state index contributed by atoms with van der Waals surface area (Å²) in [5, 5.41) is 15.9. The van der Waals surface area contributed by atoms with E-state index in [4.69, 9.17) is 11.6 Å². The zero-order valence-corrected chi connectivity index (χ0v) is 16.8. The molecule has 0 atom stereocenters. The molecule has 1 aliphatic rings. The number of amides is 2. The van der Waals surface area contributed by atoms with Crippen LogP contribution in [0.25, 0.3) is 0 Å². The Morgan fingerprint density at radius 3 is 2.56 bits per heavy atom. The first-order valence-corrected chi connectivity index (χ1v) is 10.4. The Labute approximate surface area is 167 Å². The summed E-state index contributed by atoms with van der Waals surface area (Å²) in [6.07, 6.45) is 6.21. The topological polar surface area (TPSA) is 84.0 Å². The Morgan fingerprint density at radius 1 is 1.11 bits per heavy atom. The lowest BCUT2D eigenvalue weighted by Gasteiger charge is -2.18. The van der Waals surface area contributed by atoms with E-state index >= 15 is 0 Å². The third kappa shape index (κ3) is 5.74. The Bertz CT molecular complexity index is 818. The van der Waals surface area contributed by atoms with Crippen LogP contribution in [0, 0.1) is 6.92 Å². The van der Waals surface area contributed by atoms with E-state index in [1.54, 1.807) is 12.1 Å². The van der Waals surface area contributed by atoms with E-state index in [1.165, 1.54) is 30.6 Å². The van der Waals surface area contributed by atoms with E-state index in [1.807, 2.05) is 13.0 Å². The molecule has 0 spiro atoms. The predicted molar refractivity (Wildman–Crippen MR) is 108 cm³/mol. The molecule has 1 heterocycles. The minimum absolute atomic E-state index is 0.0871. The lowest BCUT2D eigenvalue weighted by molar-refractivity contribution is -0.121. The number of hydrogen-bond donors (Lipinski definition) is 2. The molecule has 8 heteroatoms. The van der Waals surface area contributed by atoms with E-state index in [2.05, 4.69) is 20.8 Å². The van der Waals surface area contributed by atoms with Crippen LogP contribution in [0.4, 0.5) is 10.8 Å². The summed E-state index contributed by atoms with van der Waals surface area (Å²) in [6, 6.07) is 5.30. The van der Waals surface area contributed by atoms with Gasteiger partial charge < -0.3 is 10.6 Å². The second-order valence-corrected chi connectivity index (χ2v) is 8.28. The number of rotatable bonds is 6. The standard InChI is InChI=1S/C19H23ClN4O2S/c1-12-7-8-14(20)11-15(12)21-16(25)9-10-17(26)22-19-24-23-18(27-19)13-5-3-2-4-6-13/h7-8,11,13H,2-6,9-10H2,1H3,(H,21,25)(H,22,24,26). The summed E-state index contributed by atoms with van der Waals surface area (Å²) in [4.78, 5) is 24.2. The number of aryl methyl sites for hydroxylation is 1. The molecule has 0 radical (unpaired) electrons. The summed E-state index contributed by atoms with van der Waals surface area (Å²) in [5.74, 6) is 0.00333. The number of nitrogens with zero attached hydrogens (tertiary/aromatic N) is 2. The van der Waals surface area contributed by atoms with Crippen LogP contribution in [-0.2, 0) is 9.59 Å². The fraction of sp³-hybridized carbons (Fsp3) is 0.474. The smallest absolute Gasteiger partial charge is 0.226 e. The monoisotopic (exact) mass is 406 g/mol. The molecule has 1 aromatic carbocycles. The van der Waals surface area contributed by atoms with E-state index in [9.17, 15) is 9.59 Å². The second-order valence-electron chi connectivity index (χ2n) is 6.84. The van der Waals surface area contributed by atoms with Crippen molar-refractivity contribution in [1.82, 2.24) is 10.2 Å². The highest BCUT2D eigenvalue weighted by Gasteiger charge is 2.20. The number of halogens is 1. The molecule has 27 heavy (non-hydrogen) atoms. The van der Waals surface area contributed by atoms with Gasteiger partial charge in [0, 0.05) is 29.5 Å². The minimum atomic E-state index is -0.237. The molecule has 0 aliphatic heterocycles. The molecule has 1 fully saturated rings. The van der Waals surface area contributed by atoms with E-state index < -0.39 is 0 Å². The normalized spacial score (nSPS) is 14.7. The molecule has 3 rings (SSSR count). The average molecular weight is 407 g/mol. The largest absolute Gasteiger partial charge is 0.326 e. The van der Waals surface area contributed by atoms with Crippen LogP contribution in [0.15, 0.2) is 18.2 Å². The summed E-state index contributed by atoms with van der Waals surface area (Å²) in [6.45, 7) is 1.89. The second kappa shape index (κ2) is 9.28. The van der Waals surface area contributed by atoms with Gasteiger partial charge in [0.1, 0.15) is 5.01 Å². The summed E-state index contributed by atoms with van der Waals surface area (Å²) in [7, 11) is 0. The summed E-state index contributed by atoms with van der Waals surface area (Å²) >= 11 is 7.39. The zero-order valence-electron chi connectivity index (χ0n) is 15.3. The minimum Gasteiger partial charge on any atom is -0.326 e. The van der Waals surface area contributed by atoms with Crippen molar-refractivity contribution in [1.29, 1.82) is 0 Å². The van der Waals surface area contributed by atoms with Gasteiger partial charge in [-0.15, -0.1) is 10.2 Å². The summed E-state index contributed by atoms with van der Waals surface area (Å²) in [5.41, 5.74) is 1.58. The van der Waals surface area contributed by atoms with Gasteiger partial charge in [0.15, 0.2) is 0 Å². The van der Waals surface area contributed by atoms with Crippen molar-refractivity contribution in [2.75, 3.05) is 10.6 Å². The molecule has 1 aromatic heterocycles. The first-order valence-electron chi connectivity index (χ1n) is 9.20. The molecule has 1 aliphatic carbocycles. The number of carbonyl (C=O) groups excluding carboxylic acids is 2. The van der Waals surface area contributed by atoms with E-state index in [-0.39, 0.29) is 24.7 Å². The van der Waals surface area contributed by atoms with Crippen molar-refractivity contribution in [2.45, 2.75) is 57.8 Å². The fourth-order valence-electron chi connectivity index (χ4n) is 3.15. The van der Waals surface area contributed by atoms with Crippen molar-refractivity contribution in [2.24, 2.45) is 0 Å². The Morgan fingerprint density at radius 2 is 1.81 bits per heavy atom. The maximum atomic E-state index is 12.1. The van der Waals surface area contributed by atoms with Crippen LogP contribution in [0.3, 0.4) is 0 Å². The number of benzene rings is 1. The van der Waals surface area contributed by atoms with Gasteiger partial charge in [-0.2, -0.15) is 0 Å². The van der Waals surface area contributed by atoms with Crippen LogP contribution >= 0.6 is 22.9 Å². The predicted octanol–water partition coefficient (Wildman–Crippen LogP) is 4.91. The Kier molecular flexibility index (Phi) is 6.79. The van der Waals surface area contributed by atoms with Gasteiger partial charge in [0.2, 0.25) is 16.9 Å². The molecule has 144 valence electrons. The van der Waals surface area contributed by atoms with Gasteiger partial charge in [0.05, 0.1) is 0 Å². The van der Waals surface area contributed by atoms with E-state index in [0.717, 1.165) is 23.4 Å². The Balaban J connectivity index is 1.46. The highest BCUT2D eigenvalue weighted by atomic mass is 35.5. The van der Waals surface area contributed by atoms with Crippen molar-refractivity contribution in [3.63, 3.8) is 0 Å². The molecule has 0 saturated heterocycles. The lowest BCUT2D eigenvalue weighted by Crippen LogP contribution is -2.17. The third-order valence-corrected chi connectivity index (χ3v) is 5.93. The lowest BCUT2D eigenvalue weighted by atomic mass is 9.90. The van der Waals surface area contributed by atoms with Gasteiger partial charge in [-0.3, -0.25) is 9.59 Å². The van der Waals surface area contributed by atoms with Crippen LogP contribution in [0.2, 0.25) is 5.02 Å². The molecule has 2 aromatic rings. The highest BCUT2D eigenvalue weighted by molar-refractivity contribution is 7.15. The first-order chi connectivity index (χ1) is 13.0. The number of anilines is 2. The van der Waals surface area contributed by atoms with E-state index in [0.29, 0.717) is 21.8 Å². The van der Waals surface area contributed by atoms with Crippen molar-refractivity contribution >= 4 is 45.6 Å². The number of aromatic nitrogens is 2. The van der Waals surface area contributed by atoms with Crippen LogP contribution in [-0.4, -0.2) is 22.0 Å². The number of nitrogens with one attached hydrogen (secondary N) is 2. The molecule has 1 saturated carbocycles. The molecule has 0 unspecified atom stereocenters. The van der Waals surface area contributed by atoms with Crippen LogP contribution < -0.4 is 10.6 Å². The molecular weight excluding hydrogens is 384 g/mol.